The first-order chi connectivity index (χ1) is 7.79. The lowest BCUT2D eigenvalue weighted by atomic mass is 10.2. The Labute approximate surface area is 92.4 Å². The molecule has 7 nitrogen and oxygen atoms in total. The standard InChI is InChI=1S/C9H13N5O2/c10-5-6-1-2-7(16-6)8(15)13-9-11-3-4-12-14-9/h3-4,6-7H,1-2,5,10H2,(H,11,13,14,15). The zero-order chi connectivity index (χ0) is 11.4. The van der Waals surface area contributed by atoms with Crippen molar-refractivity contribution in [2.24, 2.45) is 5.73 Å². The second-order valence-corrected chi connectivity index (χ2v) is 3.52. The molecule has 0 bridgehead atoms. The maximum Gasteiger partial charge on any atom is 0.255 e. The predicted molar refractivity (Wildman–Crippen MR) is 55.4 cm³/mol. The van der Waals surface area contributed by atoms with Crippen LogP contribution >= 0.6 is 0 Å². The highest BCUT2D eigenvalue weighted by Gasteiger charge is 2.30. The first kappa shape index (κ1) is 10.9. The van der Waals surface area contributed by atoms with Gasteiger partial charge in [-0.3, -0.25) is 10.1 Å². The smallest absolute Gasteiger partial charge is 0.255 e. The fourth-order valence-corrected chi connectivity index (χ4v) is 1.57. The zero-order valence-corrected chi connectivity index (χ0v) is 8.67. The largest absolute Gasteiger partial charge is 0.364 e. The van der Waals surface area contributed by atoms with E-state index in [1.165, 1.54) is 12.4 Å². The number of carbonyl (C=O) groups excluding carboxylic acids is 1. The number of anilines is 1. The Morgan fingerprint density at radius 1 is 1.56 bits per heavy atom. The number of ether oxygens (including phenoxy) is 1. The molecule has 0 saturated carbocycles. The van der Waals surface area contributed by atoms with Crippen molar-refractivity contribution < 1.29 is 9.53 Å². The first-order valence-corrected chi connectivity index (χ1v) is 5.09. The molecule has 2 rings (SSSR count). The molecule has 2 heterocycles. The molecule has 16 heavy (non-hydrogen) atoms. The minimum absolute atomic E-state index is 0.0226. The third-order valence-electron chi connectivity index (χ3n) is 2.38. The average Bonchev–Trinajstić information content (AvgIpc) is 2.79. The van der Waals surface area contributed by atoms with Crippen molar-refractivity contribution in [3.8, 4) is 0 Å². The van der Waals surface area contributed by atoms with Crippen molar-refractivity contribution >= 4 is 11.9 Å². The highest BCUT2D eigenvalue weighted by Crippen LogP contribution is 2.19. The van der Waals surface area contributed by atoms with Crippen molar-refractivity contribution in [1.82, 2.24) is 15.2 Å². The van der Waals surface area contributed by atoms with Crippen molar-refractivity contribution in [3.63, 3.8) is 0 Å². The van der Waals surface area contributed by atoms with Crippen LogP contribution in [0.3, 0.4) is 0 Å². The lowest BCUT2D eigenvalue weighted by molar-refractivity contribution is -0.126. The first-order valence-electron chi connectivity index (χ1n) is 5.09. The number of nitrogens with zero attached hydrogens (tertiary/aromatic N) is 3. The van der Waals surface area contributed by atoms with E-state index < -0.39 is 6.10 Å². The molecule has 2 unspecified atom stereocenters. The van der Waals surface area contributed by atoms with Gasteiger partial charge < -0.3 is 10.5 Å². The van der Waals surface area contributed by atoms with E-state index in [2.05, 4.69) is 20.5 Å². The van der Waals surface area contributed by atoms with Crippen molar-refractivity contribution in [3.05, 3.63) is 12.4 Å². The lowest BCUT2D eigenvalue weighted by Crippen LogP contribution is -2.30. The summed E-state index contributed by atoms with van der Waals surface area (Å²) in [5.41, 5.74) is 5.46. The van der Waals surface area contributed by atoms with Gasteiger partial charge in [0.05, 0.1) is 18.5 Å². The van der Waals surface area contributed by atoms with Crippen LogP contribution in [-0.2, 0) is 9.53 Å². The fourth-order valence-electron chi connectivity index (χ4n) is 1.57. The van der Waals surface area contributed by atoms with Crippen LogP contribution in [0.2, 0.25) is 0 Å². The molecule has 0 radical (unpaired) electrons. The van der Waals surface area contributed by atoms with E-state index in [-0.39, 0.29) is 18.0 Å². The van der Waals surface area contributed by atoms with Crippen molar-refractivity contribution in [1.29, 1.82) is 0 Å². The SMILES string of the molecule is NCC1CCC(C(=O)Nc2nccnn2)O1. The van der Waals surface area contributed by atoms with Gasteiger partial charge in [-0.25, -0.2) is 4.98 Å². The molecule has 1 aliphatic rings. The summed E-state index contributed by atoms with van der Waals surface area (Å²) in [4.78, 5) is 15.5. The summed E-state index contributed by atoms with van der Waals surface area (Å²) in [6, 6.07) is 0. The summed E-state index contributed by atoms with van der Waals surface area (Å²) in [7, 11) is 0. The number of hydrogen-bond acceptors (Lipinski definition) is 6. The van der Waals surface area contributed by atoms with Gasteiger partial charge in [0, 0.05) is 6.54 Å². The van der Waals surface area contributed by atoms with Crippen LogP contribution in [-0.4, -0.2) is 39.8 Å². The lowest BCUT2D eigenvalue weighted by Gasteiger charge is -2.11. The van der Waals surface area contributed by atoms with Gasteiger partial charge in [0.15, 0.2) is 0 Å². The summed E-state index contributed by atoms with van der Waals surface area (Å²) in [6.07, 6.45) is 3.89. The quantitative estimate of drug-likeness (QED) is 0.703. The monoisotopic (exact) mass is 223 g/mol. The summed E-state index contributed by atoms with van der Waals surface area (Å²) < 4.78 is 5.43. The zero-order valence-electron chi connectivity index (χ0n) is 8.67. The van der Waals surface area contributed by atoms with E-state index in [4.69, 9.17) is 10.5 Å². The van der Waals surface area contributed by atoms with Crippen LogP contribution in [0.1, 0.15) is 12.8 Å². The average molecular weight is 223 g/mol. The van der Waals surface area contributed by atoms with E-state index in [1.807, 2.05) is 0 Å². The predicted octanol–water partition coefficient (Wildman–Crippen LogP) is -0.684. The molecule has 0 aromatic carbocycles. The molecule has 2 atom stereocenters. The Hall–Kier alpha value is -1.60. The topological polar surface area (TPSA) is 103 Å². The van der Waals surface area contributed by atoms with Gasteiger partial charge >= 0.3 is 0 Å². The van der Waals surface area contributed by atoms with E-state index in [9.17, 15) is 4.79 Å². The molecule has 1 amide bonds. The maximum absolute atomic E-state index is 11.7. The Bertz CT molecular complexity index is 358. The molecule has 1 fully saturated rings. The van der Waals surface area contributed by atoms with Crippen molar-refractivity contribution in [2.75, 3.05) is 11.9 Å². The third-order valence-corrected chi connectivity index (χ3v) is 2.38. The summed E-state index contributed by atoms with van der Waals surface area (Å²) in [6.45, 7) is 0.438. The van der Waals surface area contributed by atoms with Crippen LogP contribution in [0, 0.1) is 0 Å². The van der Waals surface area contributed by atoms with Gasteiger partial charge in [-0.15, -0.1) is 5.10 Å². The van der Waals surface area contributed by atoms with Gasteiger partial charge in [0.25, 0.3) is 5.91 Å². The number of aromatic nitrogens is 3. The van der Waals surface area contributed by atoms with Gasteiger partial charge in [0.1, 0.15) is 6.10 Å². The Morgan fingerprint density at radius 3 is 3.06 bits per heavy atom. The van der Waals surface area contributed by atoms with Crippen LogP contribution in [0.4, 0.5) is 5.95 Å². The molecule has 3 N–H and O–H groups in total. The van der Waals surface area contributed by atoms with Gasteiger partial charge in [0.2, 0.25) is 5.95 Å². The molecular weight excluding hydrogens is 210 g/mol. The summed E-state index contributed by atoms with van der Waals surface area (Å²) >= 11 is 0. The highest BCUT2D eigenvalue weighted by molar-refractivity contribution is 5.92. The Balaban J connectivity index is 1.90. The highest BCUT2D eigenvalue weighted by atomic mass is 16.5. The second-order valence-electron chi connectivity index (χ2n) is 3.52. The molecule has 0 aliphatic carbocycles. The van der Waals surface area contributed by atoms with E-state index in [1.54, 1.807) is 0 Å². The Kier molecular flexibility index (Phi) is 3.37. The number of nitrogens with two attached hydrogens (primary N) is 1. The van der Waals surface area contributed by atoms with Crippen LogP contribution in [0.5, 0.6) is 0 Å². The molecule has 1 saturated heterocycles. The molecule has 86 valence electrons. The van der Waals surface area contributed by atoms with E-state index in [0.29, 0.717) is 13.0 Å². The molecule has 1 aromatic heterocycles. The number of hydrogen-bond donors (Lipinski definition) is 2. The molecule has 1 aliphatic heterocycles. The van der Waals surface area contributed by atoms with Crippen molar-refractivity contribution in [2.45, 2.75) is 25.0 Å². The normalized spacial score (nSPS) is 24.3. The minimum Gasteiger partial charge on any atom is -0.364 e. The summed E-state index contributed by atoms with van der Waals surface area (Å²) in [5.74, 6) is -0.0590. The Morgan fingerprint density at radius 2 is 2.44 bits per heavy atom. The summed E-state index contributed by atoms with van der Waals surface area (Å²) in [5, 5.41) is 9.80. The minimum atomic E-state index is -0.461. The van der Waals surface area contributed by atoms with Crippen LogP contribution in [0.25, 0.3) is 0 Å². The fraction of sp³-hybridized carbons (Fsp3) is 0.556. The number of nitrogens with one attached hydrogen (secondary N) is 1. The second kappa shape index (κ2) is 4.95. The van der Waals surface area contributed by atoms with Gasteiger partial charge in [-0.05, 0) is 12.8 Å². The van der Waals surface area contributed by atoms with Crippen LogP contribution < -0.4 is 11.1 Å². The van der Waals surface area contributed by atoms with Crippen LogP contribution in [0.15, 0.2) is 12.4 Å². The maximum atomic E-state index is 11.7. The number of amides is 1. The molecule has 7 heteroatoms. The van der Waals surface area contributed by atoms with Gasteiger partial charge in [-0.2, -0.15) is 5.10 Å². The molecule has 1 aromatic rings. The van der Waals surface area contributed by atoms with Gasteiger partial charge in [-0.1, -0.05) is 0 Å². The number of carbonyl (C=O) groups is 1. The molecule has 0 spiro atoms. The van der Waals surface area contributed by atoms with E-state index >= 15 is 0 Å². The molecular formula is C9H13N5O2. The number of rotatable bonds is 3. The third kappa shape index (κ3) is 2.50. The van der Waals surface area contributed by atoms with E-state index in [0.717, 1.165) is 6.42 Å².